The molecule has 0 radical (unpaired) electrons. The smallest absolute Gasteiger partial charge is 0.193 e. The topological polar surface area (TPSA) is 34.1 Å². The zero-order valence-corrected chi connectivity index (χ0v) is 11.1. The van der Waals surface area contributed by atoms with Gasteiger partial charge in [0.2, 0.25) is 0 Å². The number of carbonyl (C=O) groups is 2. The standard InChI is InChI=1S/C17H16O2/c1-12(13(2)18)14-8-10-16(11-9-14)17(19)15-6-4-3-5-7-15/h3-12H,1-2H3/t12-/m0/s1. The molecule has 1 atom stereocenters. The summed E-state index contributed by atoms with van der Waals surface area (Å²) in [5, 5.41) is 0. The Kier molecular flexibility index (Phi) is 3.91. The van der Waals surface area contributed by atoms with Crippen LogP contribution in [0.25, 0.3) is 0 Å². The Morgan fingerprint density at radius 3 is 1.89 bits per heavy atom. The summed E-state index contributed by atoms with van der Waals surface area (Å²) < 4.78 is 0. The summed E-state index contributed by atoms with van der Waals surface area (Å²) in [6.07, 6.45) is 0. The van der Waals surface area contributed by atoms with E-state index in [0.29, 0.717) is 11.1 Å². The molecule has 2 nitrogen and oxygen atoms in total. The molecule has 0 heterocycles. The molecule has 0 fully saturated rings. The van der Waals surface area contributed by atoms with Crippen molar-refractivity contribution in [1.82, 2.24) is 0 Å². The van der Waals surface area contributed by atoms with Crippen LogP contribution in [0.2, 0.25) is 0 Å². The summed E-state index contributed by atoms with van der Waals surface area (Å²) in [7, 11) is 0. The van der Waals surface area contributed by atoms with Crippen molar-refractivity contribution in [2.24, 2.45) is 0 Å². The molecule has 0 aliphatic carbocycles. The Bertz CT molecular complexity index is 582. The molecule has 2 heteroatoms. The maximum atomic E-state index is 12.2. The summed E-state index contributed by atoms with van der Waals surface area (Å²) in [5.41, 5.74) is 2.26. The van der Waals surface area contributed by atoms with E-state index >= 15 is 0 Å². The van der Waals surface area contributed by atoms with Gasteiger partial charge in [-0.15, -0.1) is 0 Å². The lowest BCUT2D eigenvalue weighted by Gasteiger charge is -2.08. The first-order valence-corrected chi connectivity index (χ1v) is 6.29. The highest BCUT2D eigenvalue weighted by molar-refractivity contribution is 6.09. The normalized spacial score (nSPS) is 11.9. The fraction of sp³-hybridized carbons (Fsp3) is 0.176. The third-order valence-electron chi connectivity index (χ3n) is 3.32. The van der Waals surface area contributed by atoms with Gasteiger partial charge in [-0.1, -0.05) is 61.5 Å². The molecule has 2 aromatic carbocycles. The van der Waals surface area contributed by atoms with E-state index in [1.54, 1.807) is 31.2 Å². The Balaban J connectivity index is 2.24. The van der Waals surface area contributed by atoms with Crippen molar-refractivity contribution < 1.29 is 9.59 Å². The van der Waals surface area contributed by atoms with Gasteiger partial charge in [0.1, 0.15) is 5.78 Å². The van der Waals surface area contributed by atoms with E-state index in [1.807, 2.05) is 37.3 Å². The van der Waals surface area contributed by atoms with Crippen LogP contribution in [-0.2, 0) is 4.79 Å². The Labute approximate surface area is 113 Å². The first kappa shape index (κ1) is 13.2. The molecule has 0 N–H and O–H groups in total. The molecule has 0 aromatic heterocycles. The van der Waals surface area contributed by atoms with Crippen LogP contribution in [0.5, 0.6) is 0 Å². The van der Waals surface area contributed by atoms with Gasteiger partial charge in [-0.2, -0.15) is 0 Å². The third-order valence-corrected chi connectivity index (χ3v) is 3.32. The lowest BCUT2D eigenvalue weighted by molar-refractivity contribution is -0.118. The van der Waals surface area contributed by atoms with Gasteiger partial charge in [-0.3, -0.25) is 9.59 Å². The monoisotopic (exact) mass is 252 g/mol. The van der Waals surface area contributed by atoms with Gasteiger partial charge < -0.3 is 0 Å². The molecule has 2 rings (SSSR count). The summed E-state index contributed by atoms with van der Waals surface area (Å²) in [6, 6.07) is 16.4. The Morgan fingerprint density at radius 1 is 0.842 bits per heavy atom. The first-order valence-electron chi connectivity index (χ1n) is 6.29. The second-order valence-corrected chi connectivity index (χ2v) is 4.65. The molecule has 0 aliphatic rings. The van der Waals surface area contributed by atoms with Crippen LogP contribution in [0.4, 0.5) is 0 Å². The van der Waals surface area contributed by atoms with E-state index in [9.17, 15) is 9.59 Å². The van der Waals surface area contributed by atoms with Crippen LogP contribution in [0.15, 0.2) is 54.6 Å². The minimum absolute atomic E-state index is 0.00243. The van der Waals surface area contributed by atoms with E-state index in [-0.39, 0.29) is 17.5 Å². The summed E-state index contributed by atoms with van der Waals surface area (Å²) in [6.45, 7) is 3.45. The molecule has 0 amide bonds. The van der Waals surface area contributed by atoms with E-state index in [4.69, 9.17) is 0 Å². The maximum absolute atomic E-state index is 12.2. The molecular formula is C17H16O2. The van der Waals surface area contributed by atoms with Crippen LogP contribution in [0, 0.1) is 0 Å². The lowest BCUT2D eigenvalue weighted by atomic mass is 9.95. The van der Waals surface area contributed by atoms with Gasteiger partial charge in [0, 0.05) is 17.0 Å². The summed E-state index contributed by atoms with van der Waals surface area (Å²) >= 11 is 0. The maximum Gasteiger partial charge on any atom is 0.193 e. The quantitative estimate of drug-likeness (QED) is 0.779. The second kappa shape index (κ2) is 5.61. The highest BCUT2D eigenvalue weighted by Gasteiger charge is 2.12. The van der Waals surface area contributed by atoms with Gasteiger partial charge in [0.05, 0.1) is 0 Å². The van der Waals surface area contributed by atoms with Crippen molar-refractivity contribution in [3.05, 3.63) is 71.3 Å². The van der Waals surface area contributed by atoms with Gasteiger partial charge in [0.25, 0.3) is 0 Å². The number of ketones is 2. The van der Waals surface area contributed by atoms with E-state index < -0.39 is 0 Å². The Morgan fingerprint density at radius 2 is 1.37 bits per heavy atom. The SMILES string of the molecule is CC(=O)[C@H](C)c1ccc(C(=O)c2ccccc2)cc1. The molecule has 0 aliphatic heterocycles. The molecule has 0 saturated heterocycles. The zero-order valence-electron chi connectivity index (χ0n) is 11.1. The van der Waals surface area contributed by atoms with Gasteiger partial charge >= 0.3 is 0 Å². The van der Waals surface area contributed by atoms with Crippen molar-refractivity contribution in [1.29, 1.82) is 0 Å². The molecule has 19 heavy (non-hydrogen) atoms. The van der Waals surface area contributed by atoms with Crippen molar-refractivity contribution in [3.8, 4) is 0 Å². The lowest BCUT2D eigenvalue weighted by Crippen LogP contribution is -2.05. The largest absolute Gasteiger partial charge is 0.299 e. The number of benzene rings is 2. The molecule has 0 spiro atoms. The van der Waals surface area contributed by atoms with Crippen molar-refractivity contribution in [2.75, 3.05) is 0 Å². The molecule has 96 valence electrons. The van der Waals surface area contributed by atoms with Gasteiger partial charge in [-0.05, 0) is 12.5 Å². The average Bonchev–Trinajstić information content (AvgIpc) is 2.46. The second-order valence-electron chi connectivity index (χ2n) is 4.65. The third kappa shape index (κ3) is 2.97. The van der Waals surface area contributed by atoms with Gasteiger partial charge in [0.15, 0.2) is 5.78 Å². The predicted octanol–water partition coefficient (Wildman–Crippen LogP) is 3.61. The number of rotatable bonds is 4. The summed E-state index contributed by atoms with van der Waals surface area (Å²) in [5.74, 6) is 0.00522. The van der Waals surface area contributed by atoms with E-state index in [2.05, 4.69) is 0 Å². The van der Waals surface area contributed by atoms with Crippen molar-refractivity contribution >= 4 is 11.6 Å². The first-order chi connectivity index (χ1) is 9.09. The van der Waals surface area contributed by atoms with Crippen LogP contribution >= 0.6 is 0 Å². The van der Waals surface area contributed by atoms with Crippen LogP contribution in [-0.4, -0.2) is 11.6 Å². The number of carbonyl (C=O) groups excluding carboxylic acids is 2. The molecular weight excluding hydrogens is 236 g/mol. The van der Waals surface area contributed by atoms with Crippen molar-refractivity contribution in [2.45, 2.75) is 19.8 Å². The minimum Gasteiger partial charge on any atom is -0.299 e. The Hall–Kier alpha value is -2.22. The minimum atomic E-state index is -0.124. The van der Waals surface area contributed by atoms with Gasteiger partial charge in [-0.25, -0.2) is 0 Å². The zero-order chi connectivity index (χ0) is 13.8. The molecule has 2 aromatic rings. The van der Waals surface area contributed by atoms with Crippen LogP contribution in [0.1, 0.15) is 41.3 Å². The highest BCUT2D eigenvalue weighted by Crippen LogP contribution is 2.18. The fourth-order valence-corrected chi connectivity index (χ4v) is 1.91. The van der Waals surface area contributed by atoms with Crippen LogP contribution < -0.4 is 0 Å². The predicted molar refractivity (Wildman–Crippen MR) is 75.4 cm³/mol. The average molecular weight is 252 g/mol. The summed E-state index contributed by atoms with van der Waals surface area (Å²) in [4.78, 5) is 23.5. The molecule has 0 saturated carbocycles. The molecule has 0 unspecified atom stereocenters. The fourth-order valence-electron chi connectivity index (χ4n) is 1.91. The van der Waals surface area contributed by atoms with Crippen LogP contribution in [0.3, 0.4) is 0 Å². The number of Topliss-reactive ketones (excluding diaryl/α,β-unsaturated/α-hetero) is 1. The van der Waals surface area contributed by atoms with E-state index in [1.165, 1.54) is 0 Å². The molecule has 0 bridgehead atoms. The number of hydrogen-bond donors (Lipinski definition) is 0. The number of hydrogen-bond acceptors (Lipinski definition) is 2. The highest BCUT2D eigenvalue weighted by atomic mass is 16.1. The van der Waals surface area contributed by atoms with E-state index in [0.717, 1.165) is 5.56 Å². The van der Waals surface area contributed by atoms with Crippen molar-refractivity contribution in [3.63, 3.8) is 0 Å².